The first-order valence-corrected chi connectivity index (χ1v) is 7.11. The number of nitrogen functional groups attached to an aromatic ring is 1. The van der Waals surface area contributed by atoms with E-state index in [2.05, 4.69) is 22.1 Å². The molecule has 1 amide bonds. The van der Waals surface area contributed by atoms with E-state index < -0.39 is 0 Å². The van der Waals surface area contributed by atoms with Gasteiger partial charge in [-0.15, -0.1) is 0 Å². The van der Waals surface area contributed by atoms with Crippen LogP contribution in [0.4, 0.5) is 5.69 Å². The molecule has 0 spiro atoms. The Balaban J connectivity index is 1.99. The smallest absolute Gasteiger partial charge is 0.276 e. The highest BCUT2D eigenvalue weighted by Crippen LogP contribution is 2.17. The molecule has 6 heteroatoms. The van der Waals surface area contributed by atoms with Crippen LogP contribution in [0.3, 0.4) is 0 Å². The molecule has 2 heterocycles. The van der Waals surface area contributed by atoms with E-state index in [1.165, 1.54) is 0 Å². The summed E-state index contributed by atoms with van der Waals surface area (Å²) in [6.07, 6.45) is 4.20. The topological polar surface area (TPSA) is 87.9 Å². The van der Waals surface area contributed by atoms with E-state index in [-0.39, 0.29) is 5.91 Å². The van der Waals surface area contributed by atoms with E-state index in [9.17, 15) is 4.79 Å². The number of carbonyl (C=O) groups excluding carboxylic acids is 1. The third kappa shape index (κ3) is 3.59. The summed E-state index contributed by atoms with van der Waals surface area (Å²) in [7, 11) is 1.75. The van der Waals surface area contributed by atoms with E-state index in [0.29, 0.717) is 24.3 Å². The molecule has 0 bridgehead atoms. The number of likely N-dealkylation sites (N-methyl/N-ethyl adjacent to an activating group) is 1. The van der Waals surface area contributed by atoms with Gasteiger partial charge in [-0.05, 0) is 18.6 Å². The molecule has 0 aliphatic rings. The average Bonchev–Trinajstić information content (AvgIpc) is 2.87. The summed E-state index contributed by atoms with van der Waals surface area (Å²) in [6.45, 7) is 2.63. The molecule has 0 aromatic carbocycles. The van der Waals surface area contributed by atoms with E-state index in [4.69, 9.17) is 5.73 Å². The van der Waals surface area contributed by atoms with E-state index in [0.717, 1.165) is 24.2 Å². The number of amides is 1. The highest BCUT2D eigenvalue weighted by atomic mass is 16.2. The van der Waals surface area contributed by atoms with E-state index in [1.807, 2.05) is 18.2 Å². The van der Waals surface area contributed by atoms with Crippen molar-refractivity contribution >= 4 is 11.6 Å². The first kappa shape index (κ1) is 15.0. The predicted molar refractivity (Wildman–Crippen MR) is 81.9 cm³/mol. The summed E-state index contributed by atoms with van der Waals surface area (Å²) in [5.41, 5.74) is 8.54. The van der Waals surface area contributed by atoms with Crippen molar-refractivity contribution in [3.05, 3.63) is 41.5 Å². The van der Waals surface area contributed by atoms with Gasteiger partial charge in [-0.2, -0.15) is 5.10 Å². The van der Waals surface area contributed by atoms with Gasteiger partial charge in [-0.1, -0.05) is 19.4 Å². The Bertz CT molecular complexity index is 593. The van der Waals surface area contributed by atoms with Crippen molar-refractivity contribution < 1.29 is 4.79 Å². The van der Waals surface area contributed by atoms with Crippen LogP contribution >= 0.6 is 0 Å². The lowest BCUT2D eigenvalue weighted by atomic mass is 10.2. The zero-order valence-electron chi connectivity index (χ0n) is 12.5. The molecule has 21 heavy (non-hydrogen) atoms. The summed E-state index contributed by atoms with van der Waals surface area (Å²) in [4.78, 5) is 18.2. The zero-order chi connectivity index (χ0) is 15.2. The molecule has 0 atom stereocenters. The SMILES string of the molecule is CCCc1[nH]nc(C(=O)N(C)CCc2ccccn2)c1N. The van der Waals surface area contributed by atoms with Crippen LogP contribution in [-0.2, 0) is 12.8 Å². The number of pyridine rings is 1. The quantitative estimate of drug-likeness (QED) is 0.845. The molecule has 3 N–H and O–H groups in total. The van der Waals surface area contributed by atoms with Gasteiger partial charge >= 0.3 is 0 Å². The molecule has 0 aliphatic carbocycles. The number of rotatable bonds is 6. The van der Waals surface area contributed by atoms with Crippen molar-refractivity contribution in [3.63, 3.8) is 0 Å². The fraction of sp³-hybridized carbons (Fsp3) is 0.400. The average molecular weight is 287 g/mol. The van der Waals surface area contributed by atoms with Crippen LogP contribution in [0.1, 0.15) is 35.2 Å². The fourth-order valence-electron chi connectivity index (χ4n) is 2.10. The van der Waals surface area contributed by atoms with Crippen LogP contribution in [0.15, 0.2) is 24.4 Å². The molecular weight excluding hydrogens is 266 g/mol. The minimum absolute atomic E-state index is 0.165. The number of hydrogen-bond acceptors (Lipinski definition) is 4. The third-order valence-electron chi connectivity index (χ3n) is 3.36. The van der Waals surface area contributed by atoms with Gasteiger partial charge in [0.25, 0.3) is 5.91 Å². The number of aromatic amines is 1. The largest absolute Gasteiger partial charge is 0.395 e. The Morgan fingerprint density at radius 3 is 2.86 bits per heavy atom. The Morgan fingerprint density at radius 1 is 1.38 bits per heavy atom. The Morgan fingerprint density at radius 2 is 2.19 bits per heavy atom. The number of anilines is 1. The molecule has 0 unspecified atom stereocenters. The molecule has 0 saturated heterocycles. The Labute approximate surface area is 124 Å². The van der Waals surface area contributed by atoms with Crippen molar-refractivity contribution in [1.29, 1.82) is 0 Å². The monoisotopic (exact) mass is 287 g/mol. The lowest BCUT2D eigenvalue weighted by Gasteiger charge is -2.15. The fourth-order valence-corrected chi connectivity index (χ4v) is 2.10. The summed E-state index contributed by atoms with van der Waals surface area (Å²) in [6, 6.07) is 5.76. The van der Waals surface area contributed by atoms with Crippen LogP contribution < -0.4 is 5.73 Å². The van der Waals surface area contributed by atoms with Crippen LogP contribution in [-0.4, -0.2) is 39.6 Å². The van der Waals surface area contributed by atoms with Crippen molar-refractivity contribution in [2.24, 2.45) is 0 Å². The number of nitrogens with two attached hydrogens (primary N) is 1. The van der Waals surface area contributed by atoms with Gasteiger partial charge in [0.1, 0.15) is 0 Å². The Kier molecular flexibility index (Phi) is 4.92. The number of nitrogens with one attached hydrogen (secondary N) is 1. The van der Waals surface area contributed by atoms with Crippen molar-refractivity contribution in [2.75, 3.05) is 19.3 Å². The summed E-state index contributed by atoms with van der Waals surface area (Å²) < 4.78 is 0. The maximum absolute atomic E-state index is 12.3. The number of nitrogens with zero attached hydrogens (tertiary/aromatic N) is 3. The lowest BCUT2D eigenvalue weighted by molar-refractivity contribution is 0.0791. The summed E-state index contributed by atoms with van der Waals surface area (Å²) in [5.74, 6) is -0.165. The molecule has 2 rings (SSSR count). The zero-order valence-corrected chi connectivity index (χ0v) is 12.5. The van der Waals surface area contributed by atoms with Crippen LogP contribution in [0.5, 0.6) is 0 Å². The normalized spacial score (nSPS) is 10.6. The minimum Gasteiger partial charge on any atom is -0.395 e. The van der Waals surface area contributed by atoms with Crippen molar-refractivity contribution in [2.45, 2.75) is 26.2 Å². The first-order chi connectivity index (χ1) is 10.1. The number of H-pyrrole nitrogens is 1. The third-order valence-corrected chi connectivity index (χ3v) is 3.36. The van der Waals surface area contributed by atoms with Gasteiger partial charge in [-0.3, -0.25) is 14.9 Å². The lowest BCUT2D eigenvalue weighted by Crippen LogP contribution is -2.29. The molecule has 0 saturated carbocycles. The number of hydrogen-bond donors (Lipinski definition) is 2. The molecule has 0 fully saturated rings. The second kappa shape index (κ2) is 6.88. The highest BCUT2D eigenvalue weighted by molar-refractivity contribution is 5.97. The molecule has 0 radical (unpaired) electrons. The van der Waals surface area contributed by atoms with Gasteiger partial charge < -0.3 is 10.6 Å². The molecule has 2 aromatic rings. The molecule has 112 valence electrons. The summed E-state index contributed by atoms with van der Waals surface area (Å²) >= 11 is 0. The number of aromatic nitrogens is 3. The van der Waals surface area contributed by atoms with Crippen molar-refractivity contribution in [3.8, 4) is 0 Å². The van der Waals surface area contributed by atoms with Crippen LogP contribution in [0.2, 0.25) is 0 Å². The van der Waals surface area contributed by atoms with E-state index in [1.54, 1.807) is 18.1 Å². The standard InChI is InChI=1S/C15H21N5O/c1-3-6-12-13(16)14(19-18-12)15(21)20(2)10-8-11-7-4-5-9-17-11/h4-5,7,9H,3,6,8,10,16H2,1-2H3,(H,18,19). The predicted octanol–water partition coefficient (Wildman–Crippen LogP) is 1.65. The second-order valence-electron chi connectivity index (χ2n) is 5.01. The Hall–Kier alpha value is -2.37. The molecule has 6 nitrogen and oxygen atoms in total. The van der Waals surface area contributed by atoms with Crippen LogP contribution in [0, 0.1) is 0 Å². The van der Waals surface area contributed by atoms with Crippen LogP contribution in [0.25, 0.3) is 0 Å². The number of carbonyl (C=O) groups is 1. The molecule has 0 aliphatic heterocycles. The summed E-state index contributed by atoms with van der Waals surface area (Å²) in [5, 5.41) is 6.90. The van der Waals surface area contributed by atoms with Gasteiger partial charge in [0.2, 0.25) is 0 Å². The maximum atomic E-state index is 12.3. The van der Waals surface area contributed by atoms with E-state index >= 15 is 0 Å². The molecular formula is C15H21N5O. The van der Waals surface area contributed by atoms with Crippen molar-refractivity contribution in [1.82, 2.24) is 20.1 Å². The number of aryl methyl sites for hydroxylation is 1. The van der Waals surface area contributed by atoms with Gasteiger partial charge in [0, 0.05) is 31.9 Å². The van der Waals surface area contributed by atoms with Gasteiger partial charge in [-0.25, -0.2) is 0 Å². The van der Waals surface area contributed by atoms with Gasteiger partial charge in [0.15, 0.2) is 5.69 Å². The first-order valence-electron chi connectivity index (χ1n) is 7.11. The van der Waals surface area contributed by atoms with Gasteiger partial charge in [0.05, 0.1) is 11.4 Å². The maximum Gasteiger partial charge on any atom is 0.276 e. The minimum atomic E-state index is -0.165. The second-order valence-corrected chi connectivity index (χ2v) is 5.01. The molecule has 2 aromatic heterocycles. The highest BCUT2D eigenvalue weighted by Gasteiger charge is 2.20.